The maximum atomic E-state index is 13.9. The Morgan fingerprint density at radius 2 is 0.855 bits per heavy atom. The second-order valence-electron chi connectivity index (χ2n) is 24.0. The van der Waals surface area contributed by atoms with Gasteiger partial charge in [-0.2, -0.15) is 17.2 Å². The van der Waals surface area contributed by atoms with Gasteiger partial charge in [0, 0.05) is 90.5 Å². The molecule has 39 heteroatoms. The monoisotopic (exact) mass is 1880 g/mol. The van der Waals surface area contributed by atoms with E-state index in [4.69, 9.17) is 47.5 Å². The number of rotatable bonds is 21. The lowest BCUT2D eigenvalue weighted by molar-refractivity contribution is 0.346. The number of methoxy groups -OCH3 is 3. The number of anilines is 3. The van der Waals surface area contributed by atoms with Gasteiger partial charge in [-0.05, 0) is 188 Å². The van der Waals surface area contributed by atoms with E-state index >= 15 is 0 Å². The third kappa shape index (κ3) is 21.5. The molecule has 0 unspecified atom stereocenters. The first-order chi connectivity index (χ1) is 56.0. The van der Waals surface area contributed by atoms with Gasteiger partial charge in [0.15, 0.2) is 15.4 Å². The number of halogens is 11. The van der Waals surface area contributed by atoms with Gasteiger partial charge in [-0.25, -0.2) is 72.3 Å². The van der Waals surface area contributed by atoms with Crippen molar-refractivity contribution in [2.24, 2.45) is 0 Å². The van der Waals surface area contributed by atoms with Gasteiger partial charge in [0.05, 0.1) is 49.9 Å². The van der Waals surface area contributed by atoms with E-state index in [1.165, 1.54) is 85.5 Å². The number of thiazole rings is 3. The summed E-state index contributed by atoms with van der Waals surface area (Å²) in [7, 11) is -9.44. The first-order valence-electron chi connectivity index (χ1n) is 33.5. The molecule has 0 atom stereocenters. The van der Waals surface area contributed by atoms with Crippen LogP contribution in [0.2, 0.25) is 10.3 Å². The number of sulfonamides is 2. The van der Waals surface area contributed by atoms with E-state index in [1.807, 2.05) is 53.9 Å². The molecule has 21 nitrogen and oxygen atoms in total. The van der Waals surface area contributed by atoms with Crippen LogP contribution in [0.15, 0.2) is 259 Å². The molecule has 15 rings (SSSR count). The number of hydrogen-bond acceptors (Lipinski definition) is 22. The zero-order valence-corrected chi connectivity index (χ0v) is 70.0. The quantitative estimate of drug-likeness (QED) is 0.0151. The topological polar surface area (TPSA) is 276 Å². The van der Waals surface area contributed by atoms with Gasteiger partial charge in [-0.1, -0.05) is 87.7 Å². The first kappa shape index (κ1) is 87.4. The molecular formula is C78H57BBr2Cl2F7N9O12S6. The van der Waals surface area contributed by atoms with Crippen LogP contribution < -0.4 is 37.8 Å². The van der Waals surface area contributed by atoms with Crippen molar-refractivity contribution in [3.8, 4) is 34.3 Å². The molecule has 6 heterocycles. The summed E-state index contributed by atoms with van der Waals surface area (Å²) < 4.78 is 195. The van der Waals surface area contributed by atoms with Crippen LogP contribution in [0.5, 0.6) is 23.0 Å². The van der Waals surface area contributed by atoms with Crippen LogP contribution in [-0.2, 0) is 49.8 Å². The van der Waals surface area contributed by atoms with E-state index in [-0.39, 0.29) is 39.3 Å². The standard InChI is InChI=1S/C26H19BrFN3O3S2.C20H16ClN3O3S2.C15H5ClF5NO3S.C11H12N2OS.C6H5BBrFO2/c1-34-20-5-2-17(3-6-20)16-31(26-30-12-13-35-26)36(32,33)21-7-9-22-18(14-21)10-11-29-25(22)23-8-4-19(28)15-24(23)27;1-27-16-4-2-14(3-5-16)13-24(20-23-10-11-28-20)29(25,26)17-6-7-18-15(12-17)8-9-22-19(18)21;16-15-8-2-1-7(5-6(8)3-4-22-15)26(23,24)25-14-12(20)10(18)9(17)11(19)13(14)21;1-14-10-4-2-9(3-5-10)8-13-11-12-6-7-15-11;8-6-3-4(9)1-2-5(6)7(10)11/h2-15H,16H2,1H3;2-12H,13H2,1H3;1-5H;2-7H,8H2,1H3,(H,12,13);1-3,10-11H. The van der Waals surface area contributed by atoms with Gasteiger partial charge in [0.25, 0.3) is 20.0 Å². The van der Waals surface area contributed by atoms with Crippen molar-refractivity contribution in [1.29, 1.82) is 0 Å². The second kappa shape index (κ2) is 39.2. The van der Waals surface area contributed by atoms with E-state index in [9.17, 15) is 56.0 Å². The fourth-order valence-corrected chi connectivity index (χ4v) is 18.4. The van der Waals surface area contributed by atoms with E-state index in [0.717, 1.165) is 46.1 Å². The van der Waals surface area contributed by atoms with E-state index in [1.54, 1.807) is 153 Å². The maximum absolute atomic E-state index is 13.9. The number of nitrogens with one attached hydrogen (secondary N) is 1. The molecule has 3 N–H and O–H groups in total. The summed E-state index contributed by atoms with van der Waals surface area (Å²) in [6, 6.07) is 48.4. The first-order valence-corrected chi connectivity index (χ1v) is 42.8. The molecule has 0 fully saturated rings. The highest BCUT2D eigenvalue weighted by molar-refractivity contribution is 9.11. The summed E-state index contributed by atoms with van der Waals surface area (Å²) in [5.74, 6) is -12.3. The normalized spacial score (nSPS) is 11.2. The van der Waals surface area contributed by atoms with Crippen molar-refractivity contribution in [2.45, 2.75) is 34.3 Å². The van der Waals surface area contributed by atoms with Crippen molar-refractivity contribution >= 4 is 180 Å². The van der Waals surface area contributed by atoms with E-state index in [2.05, 4.69) is 71.3 Å². The predicted octanol–water partition coefficient (Wildman–Crippen LogP) is 18.8. The molecule has 0 aliphatic rings. The fourth-order valence-electron chi connectivity index (χ4n) is 10.8. The average molecular weight is 1880 g/mol. The highest BCUT2D eigenvalue weighted by atomic mass is 79.9. The van der Waals surface area contributed by atoms with Crippen LogP contribution >= 0.6 is 89.1 Å². The molecule has 0 saturated carbocycles. The number of benzene rings is 9. The third-order valence-electron chi connectivity index (χ3n) is 16.6. The second-order valence-corrected chi connectivity index (χ2v) is 34.3. The third-order valence-corrected chi connectivity index (χ3v) is 25.8. The van der Waals surface area contributed by atoms with Crippen LogP contribution in [0, 0.1) is 40.7 Å². The Morgan fingerprint density at radius 3 is 1.29 bits per heavy atom. The predicted molar refractivity (Wildman–Crippen MR) is 446 cm³/mol. The molecule has 0 saturated heterocycles. The molecule has 0 spiro atoms. The molecular weight excluding hydrogens is 1820 g/mol. The Balaban J connectivity index is 0.000000151. The minimum absolute atomic E-state index is 0.0760. The molecule has 9 aromatic carbocycles. The van der Waals surface area contributed by atoms with Crippen molar-refractivity contribution in [1.82, 2.24) is 29.9 Å². The molecule has 0 amide bonds. The van der Waals surface area contributed by atoms with Gasteiger partial charge in [-0.3, -0.25) is 4.98 Å². The Hall–Kier alpha value is -10.4. The largest absolute Gasteiger partial charge is 0.497 e. The minimum atomic E-state index is -4.91. The molecule has 6 aromatic heterocycles. The number of pyridine rings is 3. The zero-order valence-electron chi connectivity index (χ0n) is 60.4. The van der Waals surface area contributed by atoms with Crippen molar-refractivity contribution in [3.63, 3.8) is 0 Å². The summed E-state index contributed by atoms with van der Waals surface area (Å²) >= 11 is 22.5. The summed E-state index contributed by atoms with van der Waals surface area (Å²) in [5, 5.41) is 31.7. The average Bonchev–Trinajstić information content (AvgIpc) is 1.72. The highest BCUT2D eigenvalue weighted by Gasteiger charge is 2.33. The fraction of sp³-hybridized carbons (Fsp3) is 0.0769. The lowest BCUT2D eigenvalue weighted by atomic mass is 9.80. The van der Waals surface area contributed by atoms with Crippen molar-refractivity contribution in [2.75, 3.05) is 35.3 Å². The molecule has 602 valence electrons. The van der Waals surface area contributed by atoms with E-state index in [0.29, 0.717) is 74.0 Å². The van der Waals surface area contributed by atoms with Crippen molar-refractivity contribution in [3.05, 3.63) is 312 Å². The number of nitrogens with zero attached hydrogens (tertiary/aromatic N) is 8. The van der Waals surface area contributed by atoms with Gasteiger partial charge in [0.2, 0.25) is 34.8 Å². The van der Waals surface area contributed by atoms with Crippen LogP contribution in [0.25, 0.3) is 43.6 Å². The molecule has 0 aliphatic heterocycles. The zero-order chi connectivity index (χ0) is 83.9. The van der Waals surface area contributed by atoms with Gasteiger partial charge >= 0.3 is 17.2 Å². The van der Waals surface area contributed by atoms with Crippen LogP contribution in [0.4, 0.5) is 46.1 Å². The Labute approximate surface area is 703 Å². The summed E-state index contributed by atoms with van der Waals surface area (Å²) in [5.41, 5.74) is 4.41. The summed E-state index contributed by atoms with van der Waals surface area (Å²) in [6.07, 6.45) is 9.40. The van der Waals surface area contributed by atoms with Crippen LogP contribution in [0.3, 0.4) is 0 Å². The summed E-state index contributed by atoms with van der Waals surface area (Å²) in [4.78, 5) is 24.6. The SMILES string of the molecule is COc1ccc(CN(c2nccs2)S(=O)(=O)c2ccc3c(-c4ccc(F)cc4Br)nccc3c2)cc1.COc1ccc(CN(c2nccs2)S(=O)(=O)c2ccc3c(Cl)nccc3c2)cc1.COc1ccc(CNc2nccs2)cc1.O=S(=O)(Oc1c(F)c(F)c(F)c(F)c1F)c1ccc2c(Cl)nccc2c1.OB(O)c1ccc(F)cc1Br. The van der Waals surface area contributed by atoms with Gasteiger partial charge in [0.1, 0.15) is 44.1 Å². The highest BCUT2D eigenvalue weighted by Crippen LogP contribution is 2.38. The summed E-state index contributed by atoms with van der Waals surface area (Å²) in [6.45, 7) is 1.05. The lowest BCUT2D eigenvalue weighted by Gasteiger charge is -2.22. The van der Waals surface area contributed by atoms with Gasteiger partial charge < -0.3 is 33.8 Å². The molecule has 0 aliphatic carbocycles. The van der Waals surface area contributed by atoms with E-state index < -0.39 is 82.8 Å². The lowest BCUT2D eigenvalue weighted by Crippen LogP contribution is -2.30. The van der Waals surface area contributed by atoms with Gasteiger partial charge in [-0.15, -0.1) is 34.0 Å². The smallest absolute Gasteiger partial charge is 0.489 e. The number of ether oxygens (including phenoxy) is 3. The number of aromatic nitrogens is 6. The minimum Gasteiger partial charge on any atom is -0.497 e. The van der Waals surface area contributed by atoms with Crippen LogP contribution in [0.1, 0.15) is 16.7 Å². The van der Waals surface area contributed by atoms with Crippen LogP contribution in [-0.4, -0.2) is 93.7 Å². The number of hydrogen-bond donors (Lipinski definition) is 3. The number of fused-ring (bicyclic) bond motifs is 3. The molecule has 15 aromatic rings. The molecule has 0 bridgehead atoms. The Kier molecular flexibility index (Phi) is 29.3. The maximum Gasteiger partial charge on any atom is 0.489 e. The Bertz CT molecular complexity index is 6340. The molecule has 0 radical (unpaired) electrons. The molecule has 117 heavy (non-hydrogen) atoms. The Morgan fingerprint density at radius 1 is 0.444 bits per heavy atom. The van der Waals surface area contributed by atoms with Crippen molar-refractivity contribution < 1.29 is 84.4 Å².